The molecule has 1 saturated carbocycles. The highest BCUT2D eigenvalue weighted by Crippen LogP contribution is 2.23. The monoisotopic (exact) mass is 272 g/mol. The van der Waals surface area contributed by atoms with E-state index in [0.717, 1.165) is 12.8 Å². The second-order valence-electron chi connectivity index (χ2n) is 4.67. The number of benzene rings is 1. The number of nitrogens with zero attached hydrogens (tertiary/aromatic N) is 2. The van der Waals surface area contributed by atoms with Gasteiger partial charge in [0.1, 0.15) is 23.7 Å². The third kappa shape index (κ3) is 3.09. The van der Waals surface area contributed by atoms with Crippen molar-refractivity contribution in [3.63, 3.8) is 0 Å². The van der Waals surface area contributed by atoms with Crippen LogP contribution in [0.1, 0.15) is 23.3 Å². The molecule has 2 aromatic rings. The summed E-state index contributed by atoms with van der Waals surface area (Å²) in [5.74, 6) is -0.162. The summed E-state index contributed by atoms with van der Waals surface area (Å²) in [6.45, 7) is 0. The summed E-state index contributed by atoms with van der Waals surface area (Å²) in [5.41, 5.74) is 0.637. The van der Waals surface area contributed by atoms with Gasteiger partial charge in [-0.05, 0) is 31.0 Å². The average Bonchev–Trinajstić information content (AvgIpc) is 3.23. The maximum atomic E-state index is 13.0. The molecule has 0 spiro atoms. The molecule has 6 heteroatoms. The highest BCUT2D eigenvalue weighted by atomic mass is 19.1. The summed E-state index contributed by atoms with van der Waals surface area (Å²) < 4.78 is 13.0. The van der Waals surface area contributed by atoms with Crippen LogP contribution >= 0.6 is 0 Å². The minimum absolute atomic E-state index is 0.243. The summed E-state index contributed by atoms with van der Waals surface area (Å²) in [4.78, 5) is 20.0. The number of aromatic nitrogens is 2. The van der Waals surface area contributed by atoms with Crippen LogP contribution < -0.4 is 10.6 Å². The number of halogens is 1. The largest absolute Gasteiger partial charge is 0.367 e. The van der Waals surface area contributed by atoms with E-state index in [0.29, 0.717) is 17.5 Å². The first-order valence-corrected chi connectivity index (χ1v) is 6.36. The smallest absolute Gasteiger partial charge is 0.274 e. The molecule has 1 aliphatic rings. The van der Waals surface area contributed by atoms with Crippen LogP contribution in [-0.2, 0) is 0 Å². The normalized spacial score (nSPS) is 13.8. The molecule has 1 aromatic heterocycles. The van der Waals surface area contributed by atoms with Gasteiger partial charge >= 0.3 is 0 Å². The highest BCUT2D eigenvalue weighted by molar-refractivity contribution is 6.03. The Hall–Kier alpha value is -2.50. The van der Waals surface area contributed by atoms with Crippen molar-refractivity contribution >= 4 is 17.4 Å². The molecule has 1 amide bonds. The Morgan fingerprint density at radius 2 is 2.10 bits per heavy atom. The second kappa shape index (κ2) is 5.24. The maximum Gasteiger partial charge on any atom is 0.274 e. The van der Waals surface area contributed by atoms with Gasteiger partial charge in [-0.2, -0.15) is 0 Å². The lowest BCUT2D eigenvalue weighted by molar-refractivity contribution is 0.102. The van der Waals surface area contributed by atoms with E-state index in [4.69, 9.17) is 0 Å². The summed E-state index contributed by atoms with van der Waals surface area (Å²) >= 11 is 0. The van der Waals surface area contributed by atoms with Crippen molar-refractivity contribution in [3.8, 4) is 0 Å². The van der Waals surface area contributed by atoms with E-state index >= 15 is 0 Å². The summed E-state index contributed by atoms with van der Waals surface area (Å²) in [6, 6.07) is 7.76. The van der Waals surface area contributed by atoms with Gasteiger partial charge < -0.3 is 10.6 Å². The number of amides is 1. The number of anilines is 2. The molecule has 1 fully saturated rings. The molecule has 5 nitrogen and oxygen atoms in total. The third-order valence-corrected chi connectivity index (χ3v) is 2.91. The van der Waals surface area contributed by atoms with Crippen molar-refractivity contribution in [2.45, 2.75) is 18.9 Å². The van der Waals surface area contributed by atoms with E-state index in [-0.39, 0.29) is 5.69 Å². The van der Waals surface area contributed by atoms with Crippen molar-refractivity contribution in [3.05, 3.63) is 48.2 Å². The lowest BCUT2D eigenvalue weighted by Crippen LogP contribution is -2.15. The van der Waals surface area contributed by atoms with Crippen LogP contribution in [0.4, 0.5) is 15.9 Å². The molecule has 0 aliphatic heterocycles. The van der Waals surface area contributed by atoms with E-state index in [1.54, 1.807) is 12.1 Å². The zero-order valence-corrected chi connectivity index (χ0v) is 10.6. The van der Waals surface area contributed by atoms with E-state index in [2.05, 4.69) is 20.6 Å². The van der Waals surface area contributed by atoms with E-state index in [1.807, 2.05) is 0 Å². The van der Waals surface area contributed by atoms with Gasteiger partial charge in [-0.15, -0.1) is 0 Å². The van der Waals surface area contributed by atoms with Gasteiger partial charge in [-0.3, -0.25) is 4.79 Å². The predicted octanol–water partition coefficient (Wildman–Crippen LogP) is 2.44. The average molecular weight is 272 g/mol. The molecule has 0 radical (unpaired) electrons. The van der Waals surface area contributed by atoms with Gasteiger partial charge in [0.05, 0.1) is 0 Å². The van der Waals surface area contributed by atoms with Crippen LogP contribution in [0.5, 0.6) is 0 Å². The lowest BCUT2D eigenvalue weighted by Gasteiger charge is -2.07. The lowest BCUT2D eigenvalue weighted by atomic mass is 10.3. The fourth-order valence-corrected chi connectivity index (χ4v) is 1.76. The molecular weight excluding hydrogens is 259 g/mol. The van der Waals surface area contributed by atoms with Gasteiger partial charge in [-0.25, -0.2) is 14.4 Å². The molecule has 20 heavy (non-hydrogen) atoms. The number of carbonyl (C=O) groups excluding carboxylic acids is 1. The Labute approximate surface area is 115 Å². The maximum absolute atomic E-state index is 13.0. The van der Waals surface area contributed by atoms with Crippen LogP contribution in [0.3, 0.4) is 0 Å². The Balaban J connectivity index is 1.72. The number of carbonyl (C=O) groups is 1. The summed E-state index contributed by atoms with van der Waals surface area (Å²) in [5, 5.41) is 5.79. The van der Waals surface area contributed by atoms with Crippen LogP contribution in [0, 0.1) is 5.82 Å². The molecule has 0 atom stereocenters. The van der Waals surface area contributed by atoms with Crippen molar-refractivity contribution in [1.29, 1.82) is 0 Å². The van der Waals surface area contributed by atoms with E-state index in [1.165, 1.54) is 24.5 Å². The molecule has 1 aliphatic carbocycles. The van der Waals surface area contributed by atoms with Gasteiger partial charge in [-0.1, -0.05) is 6.07 Å². The van der Waals surface area contributed by atoms with Gasteiger partial charge in [0.15, 0.2) is 0 Å². The summed E-state index contributed by atoms with van der Waals surface area (Å²) in [6.07, 6.45) is 3.58. The van der Waals surface area contributed by atoms with Gasteiger partial charge in [0.25, 0.3) is 5.91 Å². The van der Waals surface area contributed by atoms with Crippen molar-refractivity contribution < 1.29 is 9.18 Å². The number of nitrogens with one attached hydrogen (secondary N) is 2. The highest BCUT2D eigenvalue weighted by Gasteiger charge is 2.21. The molecule has 3 rings (SSSR count). The molecule has 0 bridgehead atoms. The van der Waals surface area contributed by atoms with E-state index < -0.39 is 11.7 Å². The molecular formula is C14H13FN4O. The first-order chi connectivity index (χ1) is 9.70. The minimum atomic E-state index is -0.401. The van der Waals surface area contributed by atoms with Crippen molar-refractivity contribution in [2.24, 2.45) is 0 Å². The van der Waals surface area contributed by atoms with E-state index in [9.17, 15) is 9.18 Å². The molecule has 1 aromatic carbocycles. The van der Waals surface area contributed by atoms with Crippen molar-refractivity contribution in [1.82, 2.24) is 9.97 Å². The minimum Gasteiger partial charge on any atom is -0.367 e. The van der Waals surface area contributed by atoms with Crippen LogP contribution in [0.2, 0.25) is 0 Å². The zero-order valence-electron chi connectivity index (χ0n) is 10.6. The zero-order chi connectivity index (χ0) is 13.9. The van der Waals surface area contributed by atoms with Gasteiger partial charge in [0.2, 0.25) is 0 Å². The molecule has 0 saturated heterocycles. The second-order valence-corrected chi connectivity index (χ2v) is 4.67. The Bertz CT molecular complexity index is 643. The quantitative estimate of drug-likeness (QED) is 0.897. The van der Waals surface area contributed by atoms with Crippen LogP contribution in [-0.4, -0.2) is 21.9 Å². The molecule has 1 heterocycles. The standard InChI is InChI=1S/C14H13FN4O/c15-9-2-1-3-11(6-9)19-14(20)12-7-13(17-8-16-12)18-10-4-5-10/h1-3,6-8,10H,4-5H2,(H,19,20)(H,16,17,18). The number of hydrogen-bond donors (Lipinski definition) is 2. The Morgan fingerprint density at radius 1 is 1.25 bits per heavy atom. The fourth-order valence-electron chi connectivity index (χ4n) is 1.76. The number of hydrogen-bond acceptors (Lipinski definition) is 4. The predicted molar refractivity (Wildman–Crippen MR) is 73.0 cm³/mol. The fraction of sp³-hybridized carbons (Fsp3) is 0.214. The number of rotatable bonds is 4. The van der Waals surface area contributed by atoms with Crippen LogP contribution in [0.25, 0.3) is 0 Å². The third-order valence-electron chi connectivity index (χ3n) is 2.91. The Morgan fingerprint density at radius 3 is 2.85 bits per heavy atom. The Kier molecular flexibility index (Phi) is 3.28. The first-order valence-electron chi connectivity index (χ1n) is 6.36. The SMILES string of the molecule is O=C(Nc1cccc(F)c1)c1cc(NC2CC2)ncn1. The van der Waals surface area contributed by atoms with Crippen LogP contribution in [0.15, 0.2) is 36.7 Å². The topological polar surface area (TPSA) is 66.9 Å². The molecule has 102 valence electrons. The summed E-state index contributed by atoms with van der Waals surface area (Å²) in [7, 11) is 0. The molecule has 0 unspecified atom stereocenters. The first kappa shape index (κ1) is 12.5. The van der Waals surface area contributed by atoms with Crippen molar-refractivity contribution in [2.75, 3.05) is 10.6 Å². The molecule has 2 N–H and O–H groups in total. The van der Waals surface area contributed by atoms with Gasteiger partial charge in [0, 0.05) is 17.8 Å².